The van der Waals surface area contributed by atoms with Crippen LogP contribution in [0.5, 0.6) is 0 Å². The lowest BCUT2D eigenvalue weighted by Crippen LogP contribution is -2.59. The smallest absolute Gasteiger partial charge is 0.307 e. The summed E-state index contributed by atoms with van der Waals surface area (Å²) in [6.45, 7) is 4.50. The molecule has 228 valence electrons. The SMILES string of the molecule is CC(C)[C@H](N)C(=O)N(C(=O)CCc1ccccc1)[C@@H](C)C(=O)NC(CC(=O)O)C(=O)C(F)(F)CCCc1ccccc1. The fourth-order valence-corrected chi connectivity index (χ4v) is 4.32. The topological polar surface area (TPSA) is 147 Å². The number of imide groups is 1. The number of Topliss-reactive ketones (excluding diaryl/α,β-unsaturated/α-hetero) is 1. The molecule has 0 fully saturated rings. The Kier molecular flexibility index (Phi) is 12.9. The third-order valence-electron chi connectivity index (χ3n) is 6.92. The van der Waals surface area contributed by atoms with E-state index in [1.807, 2.05) is 0 Å². The number of carboxylic acid groups (broad SMARTS) is 1. The van der Waals surface area contributed by atoms with Gasteiger partial charge in [0, 0.05) is 12.8 Å². The lowest BCUT2D eigenvalue weighted by molar-refractivity contribution is -0.155. The standard InChI is InChI=1S/C31H39F2N3O6/c1-20(2)27(34)30(42)36(25(37)17-16-23-13-8-5-9-14-23)21(3)29(41)35-24(19-26(38)39)28(40)31(32,33)18-10-15-22-11-6-4-7-12-22/h4-9,11-14,20-21,24,27H,10,15-19,34H2,1-3H3,(H,35,41)(H,38,39)/t21-,24?,27-/m0/s1. The predicted molar refractivity (Wildman–Crippen MR) is 152 cm³/mol. The first kappa shape index (κ1) is 34.2. The summed E-state index contributed by atoms with van der Waals surface area (Å²) >= 11 is 0. The number of halogens is 2. The maximum absolute atomic E-state index is 14.9. The van der Waals surface area contributed by atoms with Gasteiger partial charge in [0.05, 0.1) is 12.5 Å². The minimum atomic E-state index is -3.92. The monoisotopic (exact) mass is 587 g/mol. The highest BCUT2D eigenvalue weighted by Gasteiger charge is 2.45. The van der Waals surface area contributed by atoms with Gasteiger partial charge in [0.25, 0.3) is 0 Å². The van der Waals surface area contributed by atoms with Crippen LogP contribution in [0.3, 0.4) is 0 Å². The summed E-state index contributed by atoms with van der Waals surface area (Å²) in [5.41, 5.74) is 7.61. The Bertz CT molecular complexity index is 1220. The van der Waals surface area contributed by atoms with Gasteiger partial charge in [0.2, 0.25) is 23.5 Å². The molecule has 42 heavy (non-hydrogen) atoms. The van der Waals surface area contributed by atoms with Crippen molar-refractivity contribution in [3.05, 3.63) is 71.8 Å². The van der Waals surface area contributed by atoms with Crippen molar-refractivity contribution in [1.29, 1.82) is 0 Å². The number of hydrogen-bond donors (Lipinski definition) is 3. The van der Waals surface area contributed by atoms with Crippen LogP contribution in [0.2, 0.25) is 0 Å². The van der Waals surface area contributed by atoms with Crippen LogP contribution in [-0.2, 0) is 36.8 Å². The summed E-state index contributed by atoms with van der Waals surface area (Å²) in [4.78, 5) is 64.5. The second-order valence-corrected chi connectivity index (χ2v) is 10.6. The van der Waals surface area contributed by atoms with Crippen LogP contribution in [0.1, 0.15) is 57.6 Å². The highest BCUT2D eigenvalue weighted by molar-refractivity contribution is 6.03. The van der Waals surface area contributed by atoms with Gasteiger partial charge in [0.15, 0.2) is 0 Å². The van der Waals surface area contributed by atoms with E-state index in [0.29, 0.717) is 4.90 Å². The van der Waals surface area contributed by atoms with Crippen LogP contribution in [0.15, 0.2) is 60.7 Å². The van der Waals surface area contributed by atoms with Gasteiger partial charge >= 0.3 is 11.9 Å². The number of nitrogens with two attached hydrogens (primary N) is 1. The van der Waals surface area contributed by atoms with E-state index < -0.39 is 72.3 Å². The van der Waals surface area contributed by atoms with E-state index in [-0.39, 0.29) is 25.7 Å². The molecule has 9 nitrogen and oxygen atoms in total. The van der Waals surface area contributed by atoms with E-state index in [0.717, 1.165) is 11.1 Å². The molecule has 0 saturated heterocycles. The number of alkyl halides is 2. The second-order valence-electron chi connectivity index (χ2n) is 10.6. The highest BCUT2D eigenvalue weighted by Crippen LogP contribution is 2.25. The summed E-state index contributed by atoms with van der Waals surface area (Å²) in [6.07, 6.45) is -1.65. The zero-order valence-electron chi connectivity index (χ0n) is 24.1. The number of carbonyl (C=O) groups is 5. The Morgan fingerprint density at radius 1 is 0.905 bits per heavy atom. The van der Waals surface area contributed by atoms with Crippen molar-refractivity contribution in [3.63, 3.8) is 0 Å². The summed E-state index contributed by atoms with van der Waals surface area (Å²) in [7, 11) is 0. The van der Waals surface area contributed by atoms with Crippen LogP contribution >= 0.6 is 0 Å². The fourth-order valence-electron chi connectivity index (χ4n) is 4.32. The maximum Gasteiger partial charge on any atom is 0.307 e. The van der Waals surface area contributed by atoms with Crippen molar-refractivity contribution in [2.75, 3.05) is 0 Å². The number of carboxylic acids is 1. The molecular weight excluding hydrogens is 548 g/mol. The van der Waals surface area contributed by atoms with Crippen molar-refractivity contribution in [2.24, 2.45) is 11.7 Å². The van der Waals surface area contributed by atoms with Gasteiger partial charge in [-0.15, -0.1) is 0 Å². The van der Waals surface area contributed by atoms with Crippen LogP contribution in [0, 0.1) is 5.92 Å². The summed E-state index contributed by atoms with van der Waals surface area (Å²) < 4.78 is 29.8. The molecule has 0 radical (unpaired) electrons. The van der Waals surface area contributed by atoms with Crippen LogP contribution in [0.25, 0.3) is 0 Å². The van der Waals surface area contributed by atoms with E-state index in [2.05, 4.69) is 5.32 Å². The Balaban J connectivity index is 2.20. The van der Waals surface area contributed by atoms with Gasteiger partial charge in [-0.05, 0) is 43.2 Å². The highest BCUT2D eigenvalue weighted by atomic mass is 19.3. The Morgan fingerprint density at radius 2 is 1.43 bits per heavy atom. The molecule has 0 heterocycles. The van der Waals surface area contributed by atoms with Gasteiger partial charge in [-0.2, -0.15) is 8.78 Å². The molecule has 2 aromatic carbocycles. The molecule has 1 unspecified atom stereocenters. The molecule has 2 aromatic rings. The van der Waals surface area contributed by atoms with E-state index in [1.165, 1.54) is 6.92 Å². The first-order chi connectivity index (χ1) is 19.7. The number of nitrogens with one attached hydrogen (secondary N) is 1. The van der Waals surface area contributed by atoms with E-state index in [1.54, 1.807) is 74.5 Å². The molecule has 2 rings (SSSR count). The zero-order chi connectivity index (χ0) is 31.4. The minimum Gasteiger partial charge on any atom is -0.481 e. The molecule has 0 saturated carbocycles. The van der Waals surface area contributed by atoms with Gasteiger partial charge in [-0.1, -0.05) is 74.5 Å². The number of nitrogens with zero attached hydrogens (tertiary/aromatic N) is 1. The Labute approximate surface area is 244 Å². The van der Waals surface area contributed by atoms with Crippen LogP contribution < -0.4 is 11.1 Å². The van der Waals surface area contributed by atoms with Crippen LogP contribution in [-0.4, -0.2) is 63.5 Å². The molecular formula is C31H39F2N3O6. The number of benzene rings is 2. The molecule has 0 bridgehead atoms. The molecule has 0 aliphatic rings. The minimum absolute atomic E-state index is 0.0574. The number of ketones is 1. The third-order valence-corrected chi connectivity index (χ3v) is 6.92. The average Bonchev–Trinajstić information content (AvgIpc) is 2.95. The predicted octanol–water partition coefficient (Wildman–Crippen LogP) is 3.53. The number of carbonyl (C=O) groups excluding carboxylic acids is 4. The number of amides is 3. The summed E-state index contributed by atoms with van der Waals surface area (Å²) in [5, 5.41) is 11.3. The molecule has 3 amide bonds. The van der Waals surface area contributed by atoms with Crippen molar-refractivity contribution in [3.8, 4) is 0 Å². The Morgan fingerprint density at radius 3 is 1.93 bits per heavy atom. The van der Waals surface area contributed by atoms with Crippen molar-refractivity contribution in [2.45, 2.75) is 83.3 Å². The number of rotatable bonds is 16. The molecule has 0 aliphatic carbocycles. The van der Waals surface area contributed by atoms with E-state index in [9.17, 15) is 37.9 Å². The van der Waals surface area contributed by atoms with Gasteiger partial charge in [-0.3, -0.25) is 28.9 Å². The largest absolute Gasteiger partial charge is 0.481 e. The molecule has 0 spiro atoms. The van der Waals surface area contributed by atoms with Gasteiger partial charge in [-0.25, -0.2) is 0 Å². The third kappa shape index (κ3) is 10.1. The average molecular weight is 588 g/mol. The fraction of sp³-hybridized carbons (Fsp3) is 0.452. The Hall–Kier alpha value is -3.99. The van der Waals surface area contributed by atoms with Crippen molar-refractivity contribution >= 4 is 29.5 Å². The number of aryl methyl sites for hydroxylation is 2. The number of aliphatic carboxylic acids is 1. The lowest BCUT2D eigenvalue weighted by atomic mass is 9.97. The normalized spacial score (nSPS) is 13.6. The van der Waals surface area contributed by atoms with Gasteiger partial charge in [0.1, 0.15) is 12.1 Å². The molecule has 3 atom stereocenters. The first-order valence-electron chi connectivity index (χ1n) is 13.9. The zero-order valence-corrected chi connectivity index (χ0v) is 24.1. The quantitative estimate of drug-likeness (QED) is 0.272. The first-order valence-corrected chi connectivity index (χ1v) is 13.9. The second kappa shape index (κ2) is 15.9. The maximum atomic E-state index is 14.9. The van der Waals surface area contributed by atoms with E-state index in [4.69, 9.17) is 5.73 Å². The molecule has 11 heteroatoms. The molecule has 4 N–H and O–H groups in total. The summed E-state index contributed by atoms with van der Waals surface area (Å²) in [6, 6.07) is 13.0. The van der Waals surface area contributed by atoms with Gasteiger partial charge < -0.3 is 16.2 Å². The van der Waals surface area contributed by atoms with E-state index >= 15 is 0 Å². The summed E-state index contributed by atoms with van der Waals surface area (Å²) in [5.74, 6) is -10.4. The molecule has 0 aliphatic heterocycles. The van der Waals surface area contributed by atoms with Crippen molar-refractivity contribution in [1.82, 2.24) is 10.2 Å². The van der Waals surface area contributed by atoms with Crippen molar-refractivity contribution < 1.29 is 37.9 Å². The number of hydrogen-bond acceptors (Lipinski definition) is 6. The molecule has 0 aromatic heterocycles. The van der Waals surface area contributed by atoms with Crippen LogP contribution in [0.4, 0.5) is 8.78 Å². The lowest BCUT2D eigenvalue weighted by Gasteiger charge is -2.31.